The number of halogens is 1. The molecule has 2 N–H and O–H groups in total. The van der Waals surface area contributed by atoms with Gasteiger partial charge in [-0.3, -0.25) is 4.79 Å². The third-order valence-electron chi connectivity index (χ3n) is 1.12. The quantitative estimate of drug-likeness (QED) is 0.659. The standard InChI is InChI=1S/C6H6BrNO2/c7-6-4(3-9)1-2-5(10)8-6/h1-2,9H,3H2,(H,8,10). The van der Waals surface area contributed by atoms with Crippen molar-refractivity contribution in [3.05, 3.63) is 32.7 Å². The Morgan fingerprint density at radius 2 is 2.30 bits per heavy atom. The first-order chi connectivity index (χ1) is 4.74. The SMILES string of the molecule is O=c1ccc(CO)c(Br)[nH]1. The number of aromatic nitrogens is 1. The van der Waals surface area contributed by atoms with Crippen molar-refractivity contribution >= 4 is 15.9 Å². The summed E-state index contributed by atoms with van der Waals surface area (Å²) in [5, 5.41) is 8.66. The Morgan fingerprint density at radius 1 is 1.60 bits per heavy atom. The molecule has 0 aromatic carbocycles. The van der Waals surface area contributed by atoms with E-state index in [4.69, 9.17) is 5.11 Å². The molecule has 0 spiro atoms. The number of aromatic amines is 1. The first kappa shape index (κ1) is 7.50. The maximum Gasteiger partial charge on any atom is 0.248 e. The van der Waals surface area contributed by atoms with Crippen molar-refractivity contribution < 1.29 is 5.11 Å². The van der Waals surface area contributed by atoms with Gasteiger partial charge in [-0.15, -0.1) is 0 Å². The number of aliphatic hydroxyl groups excluding tert-OH is 1. The van der Waals surface area contributed by atoms with Crippen molar-refractivity contribution in [2.45, 2.75) is 6.61 Å². The molecule has 4 heteroatoms. The Morgan fingerprint density at radius 3 is 2.80 bits per heavy atom. The van der Waals surface area contributed by atoms with Gasteiger partial charge in [0.15, 0.2) is 0 Å². The molecule has 0 saturated heterocycles. The second-order valence-corrected chi connectivity index (χ2v) is 2.61. The van der Waals surface area contributed by atoms with E-state index in [1.807, 2.05) is 0 Å². The van der Waals surface area contributed by atoms with E-state index < -0.39 is 0 Å². The van der Waals surface area contributed by atoms with Gasteiger partial charge in [-0.05, 0) is 22.0 Å². The van der Waals surface area contributed by atoms with Crippen LogP contribution in [0.3, 0.4) is 0 Å². The number of H-pyrrole nitrogens is 1. The molecule has 0 aliphatic rings. The molecule has 0 aliphatic carbocycles. The molecule has 0 saturated carbocycles. The van der Waals surface area contributed by atoms with Gasteiger partial charge in [0.25, 0.3) is 0 Å². The molecule has 1 rings (SSSR count). The number of aliphatic hydroxyl groups is 1. The topological polar surface area (TPSA) is 53.1 Å². The van der Waals surface area contributed by atoms with Gasteiger partial charge in [0, 0.05) is 11.6 Å². The van der Waals surface area contributed by atoms with Crippen molar-refractivity contribution in [1.82, 2.24) is 4.98 Å². The van der Waals surface area contributed by atoms with Gasteiger partial charge in [-0.1, -0.05) is 0 Å². The Hall–Kier alpha value is -0.610. The molecular formula is C6H6BrNO2. The largest absolute Gasteiger partial charge is 0.392 e. The number of hydrogen-bond donors (Lipinski definition) is 2. The van der Waals surface area contributed by atoms with Gasteiger partial charge in [0.2, 0.25) is 5.56 Å². The highest BCUT2D eigenvalue weighted by Crippen LogP contribution is 2.09. The number of hydrogen-bond acceptors (Lipinski definition) is 2. The van der Waals surface area contributed by atoms with Crippen molar-refractivity contribution in [1.29, 1.82) is 0 Å². The molecule has 0 amide bonds. The summed E-state index contributed by atoms with van der Waals surface area (Å²) in [5.74, 6) is 0. The summed E-state index contributed by atoms with van der Waals surface area (Å²) in [4.78, 5) is 13.1. The fourth-order valence-electron chi connectivity index (χ4n) is 0.602. The monoisotopic (exact) mass is 203 g/mol. The predicted octanol–water partition coefficient (Wildman–Crippen LogP) is 0.630. The van der Waals surface area contributed by atoms with E-state index in [0.717, 1.165) is 0 Å². The van der Waals surface area contributed by atoms with Gasteiger partial charge in [0.05, 0.1) is 11.2 Å². The third-order valence-corrected chi connectivity index (χ3v) is 1.83. The molecule has 0 fully saturated rings. The second-order valence-electron chi connectivity index (χ2n) is 1.82. The first-order valence-electron chi connectivity index (χ1n) is 2.72. The summed E-state index contributed by atoms with van der Waals surface area (Å²) in [5.41, 5.74) is 0.503. The van der Waals surface area contributed by atoms with Gasteiger partial charge >= 0.3 is 0 Å². The zero-order valence-corrected chi connectivity index (χ0v) is 6.68. The van der Waals surface area contributed by atoms with Crippen molar-refractivity contribution in [2.75, 3.05) is 0 Å². The highest BCUT2D eigenvalue weighted by Gasteiger charge is 1.96. The van der Waals surface area contributed by atoms with E-state index in [0.29, 0.717) is 10.2 Å². The van der Waals surface area contributed by atoms with Crippen LogP contribution in [0.1, 0.15) is 5.56 Å². The molecule has 0 atom stereocenters. The average Bonchev–Trinajstić information content (AvgIpc) is 1.88. The van der Waals surface area contributed by atoms with Crippen LogP contribution in [0.4, 0.5) is 0 Å². The molecule has 0 aliphatic heterocycles. The van der Waals surface area contributed by atoms with Crippen LogP contribution in [0.15, 0.2) is 21.5 Å². The lowest BCUT2D eigenvalue weighted by atomic mass is 10.3. The minimum Gasteiger partial charge on any atom is -0.392 e. The molecule has 0 bridgehead atoms. The lowest BCUT2D eigenvalue weighted by molar-refractivity contribution is 0.280. The van der Waals surface area contributed by atoms with E-state index in [2.05, 4.69) is 20.9 Å². The maximum atomic E-state index is 10.6. The molecule has 0 radical (unpaired) electrons. The van der Waals surface area contributed by atoms with E-state index in [9.17, 15) is 4.79 Å². The molecule has 1 heterocycles. The van der Waals surface area contributed by atoms with Crippen LogP contribution in [0, 0.1) is 0 Å². The minimum atomic E-state index is -0.177. The van der Waals surface area contributed by atoms with Gasteiger partial charge < -0.3 is 10.1 Å². The zero-order valence-electron chi connectivity index (χ0n) is 5.10. The Bertz CT molecular complexity index is 281. The smallest absolute Gasteiger partial charge is 0.248 e. The van der Waals surface area contributed by atoms with E-state index >= 15 is 0 Å². The number of pyridine rings is 1. The number of rotatable bonds is 1. The molecule has 1 aromatic rings. The lowest BCUT2D eigenvalue weighted by Crippen LogP contribution is -2.05. The van der Waals surface area contributed by atoms with Crippen LogP contribution < -0.4 is 5.56 Å². The van der Waals surface area contributed by atoms with Crippen LogP contribution in [0.2, 0.25) is 0 Å². The summed E-state index contributed by atoms with van der Waals surface area (Å²) in [6.07, 6.45) is 0. The fraction of sp³-hybridized carbons (Fsp3) is 0.167. The van der Waals surface area contributed by atoms with Gasteiger partial charge in [-0.2, -0.15) is 0 Å². The highest BCUT2D eigenvalue weighted by molar-refractivity contribution is 9.10. The van der Waals surface area contributed by atoms with Crippen LogP contribution in [-0.4, -0.2) is 10.1 Å². The maximum absolute atomic E-state index is 10.6. The van der Waals surface area contributed by atoms with Gasteiger partial charge in [0.1, 0.15) is 0 Å². The van der Waals surface area contributed by atoms with E-state index in [1.165, 1.54) is 6.07 Å². The molecule has 1 aromatic heterocycles. The van der Waals surface area contributed by atoms with Crippen LogP contribution >= 0.6 is 15.9 Å². The molecule has 3 nitrogen and oxygen atoms in total. The van der Waals surface area contributed by atoms with Crippen LogP contribution in [-0.2, 0) is 6.61 Å². The van der Waals surface area contributed by atoms with E-state index in [-0.39, 0.29) is 12.2 Å². The molecule has 10 heavy (non-hydrogen) atoms. The molecule has 0 unspecified atom stereocenters. The minimum absolute atomic E-state index is 0.0721. The third kappa shape index (κ3) is 1.46. The average molecular weight is 204 g/mol. The Kier molecular flexibility index (Phi) is 2.24. The first-order valence-corrected chi connectivity index (χ1v) is 3.52. The summed E-state index contributed by atoms with van der Waals surface area (Å²) in [6.45, 7) is -0.0721. The Labute approximate surface area is 65.8 Å². The van der Waals surface area contributed by atoms with Crippen molar-refractivity contribution in [3.63, 3.8) is 0 Å². The summed E-state index contributed by atoms with van der Waals surface area (Å²) >= 11 is 3.09. The highest BCUT2D eigenvalue weighted by atomic mass is 79.9. The lowest BCUT2D eigenvalue weighted by Gasteiger charge is -1.96. The summed E-state index contributed by atoms with van der Waals surface area (Å²) in [6, 6.07) is 2.94. The zero-order chi connectivity index (χ0) is 7.56. The molecule has 54 valence electrons. The van der Waals surface area contributed by atoms with Crippen molar-refractivity contribution in [2.24, 2.45) is 0 Å². The van der Waals surface area contributed by atoms with Gasteiger partial charge in [-0.25, -0.2) is 0 Å². The van der Waals surface area contributed by atoms with E-state index in [1.54, 1.807) is 6.07 Å². The predicted molar refractivity (Wildman–Crippen MR) is 40.7 cm³/mol. The fourth-order valence-corrected chi connectivity index (χ4v) is 1.05. The van der Waals surface area contributed by atoms with Crippen LogP contribution in [0.25, 0.3) is 0 Å². The Balaban J connectivity index is 3.19. The summed E-state index contributed by atoms with van der Waals surface area (Å²) < 4.78 is 0.544. The normalized spacial score (nSPS) is 9.80. The second kappa shape index (κ2) is 2.98. The summed E-state index contributed by atoms with van der Waals surface area (Å²) in [7, 11) is 0. The van der Waals surface area contributed by atoms with Crippen molar-refractivity contribution in [3.8, 4) is 0 Å². The van der Waals surface area contributed by atoms with Crippen LogP contribution in [0.5, 0.6) is 0 Å². The number of nitrogens with one attached hydrogen (secondary N) is 1. The molecular weight excluding hydrogens is 198 g/mol.